The molecule has 2 aliphatic carbocycles. The predicted molar refractivity (Wildman–Crippen MR) is 124 cm³/mol. The van der Waals surface area contributed by atoms with Crippen LogP contribution in [0.3, 0.4) is 0 Å². The summed E-state index contributed by atoms with van der Waals surface area (Å²) in [6.45, 7) is 8.08. The monoisotopic (exact) mass is 460 g/mol. The summed E-state index contributed by atoms with van der Waals surface area (Å²) in [6.07, 6.45) is 7.76. The van der Waals surface area contributed by atoms with Crippen LogP contribution < -0.4 is 16.0 Å². The lowest BCUT2D eigenvalue weighted by atomic mass is 9.71. The number of rotatable bonds is 4. The van der Waals surface area contributed by atoms with E-state index in [1.165, 1.54) is 0 Å². The minimum atomic E-state index is -0.517. The maximum Gasteiger partial charge on any atom is 0.315 e. The molecule has 0 aromatic carbocycles. The van der Waals surface area contributed by atoms with Gasteiger partial charge in [0, 0.05) is 31.5 Å². The second-order valence-electron chi connectivity index (χ2n) is 11.8. The number of urea groups is 1. The first-order valence-corrected chi connectivity index (χ1v) is 12.8. The van der Waals surface area contributed by atoms with E-state index in [0.717, 1.165) is 50.9 Å². The Morgan fingerprint density at radius 2 is 1.76 bits per heavy atom. The van der Waals surface area contributed by atoms with Crippen LogP contribution in [-0.2, 0) is 14.4 Å². The minimum Gasteiger partial charge on any atom is -0.338 e. The van der Waals surface area contributed by atoms with Crippen LogP contribution in [0, 0.1) is 29.1 Å². The normalized spacial score (nSPS) is 35.1. The molecule has 4 rings (SSSR count). The van der Waals surface area contributed by atoms with Crippen molar-refractivity contribution in [1.29, 1.82) is 0 Å². The average Bonchev–Trinajstić information content (AvgIpc) is 3.08. The Bertz CT molecular complexity index is 784. The molecule has 184 valence electrons. The van der Waals surface area contributed by atoms with Crippen molar-refractivity contribution in [3.8, 4) is 0 Å². The fraction of sp³-hybridized carbons (Fsp3) is 0.840. The van der Waals surface area contributed by atoms with Crippen LogP contribution in [-0.4, -0.2) is 53.8 Å². The van der Waals surface area contributed by atoms with Gasteiger partial charge in [0.15, 0.2) is 0 Å². The maximum atomic E-state index is 13.1. The van der Waals surface area contributed by atoms with Gasteiger partial charge in [0.05, 0.1) is 0 Å². The van der Waals surface area contributed by atoms with Crippen LogP contribution in [0.2, 0.25) is 0 Å². The summed E-state index contributed by atoms with van der Waals surface area (Å²) < 4.78 is 0. The van der Waals surface area contributed by atoms with Gasteiger partial charge in [-0.05, 0) is 74.5 Å². The van der Waals surface area contributed by atoms with Crippen molar-refractivity contribution in [2.24, 2.45) is 29.1 Å². The predicted octanol–water partition coefficient (Wildman–Crippen LogP) is 2.57. The minimum absolute atomic E-state index is 0.0410. The number of imide groups is 1. The SMILES string of the molecule is CC(C)(C)C1CCC(NC(=O)NCC2CCC3CN(C4CCC(=O)NC4=O)C(=O)C3C2)CC1. The zero-order chi connectivity index (χ0) is 23.8. The first-order valence-electron chi connectivity index (χ1n) is 12.8. The van der Waals surface area contributed by atoms with Crippen molar-refractivity contribution in [3.63, 3.8) is 0 Å². The number of nitrogens with zero attached hydrogens (tertiary/aromatic N) is 1. The Labute approximate surface area is 197 Å². The number of piperidine rings is 1. The third kappa shape index (κ3) is 5.52. The van der Waals surface area contributed by atoms with Gasteiger partial charge in [0.1, 0.15) is 6.04 Å². The van der Waals surface area contributed by atoms with Crippen molar-refractivity contribution < 1.29 is 19.2 Å². The standard InChI is InChI=1S/C25H40N4O4/c1-25(2,3)17-6-8-18(9-7-17)27-24(33)26-13-15-4-5-16-14-29(23(32)19(16)12-15)20-10-11-21(30)28-22(20)31/h15-20H,4-14H2,1-3H3,(H2,26,27,33)(H,28,30,31). The highest BCUT2D eigenvalue weighted by Gasteiger charge is 2.48. The van der Waals surface area contributed by atoms with Gasteiger partial charge in [-0.1, -0.05) is 20.8 Å². The highest BCUT2D eigenvalue weighted by molar-refractivity contribution is 6.02. The second kappa shape index (κ2) is 9.63. The number of nitrogens with one attached hydrogen (secondary N) is 3. The molecule has 0 radical (unpaired) electrons. The Kier molecular flexibility index (Phi) is 7.01. The lowest BCUT2D eigenvalue weighted by Gasteiger charge is -2.37. The second-order valence-corrected chi connectivity index (χ2v) is 11.8. The fourth-order valence-corrected chi connectivity index (χ4v) is 6.42. The smallest absolute Gasteiger partial charge is 0.315 e. The molecule has 0 aromatic rings. The number of carbonyl (C=O) groups excluding carboxylic acids is 4. The third-order valence-corrected chi connectivity index (χ3v) is 8.56. The van der Waals surface area contributed by atoms with E-state index >= 15 is 0 Å². The van der Waals surface area contributed by atoms with Gasteiger partial charge in [0.25, 0.3) is 0 Å². The lowest BCUT2D eigenvalue weighted by molar-refractivity contribution is -0.145. The van der Waals surface area contributed by atoms with Crippen molar-refractivity contribution >= 4 is 23.8 Å². The number of fused-ring (bicyclic) bond motifs is 1. The summed E-state index contributed by atoms with van der Waals surface area (Å²) in [7, 11) is 0. The van der Waals surface area contributed by atoms with Gasteiger partial charge in [0.2, 0.25) is 17.7 Å². The molecule has 5 amide bonds. The molecule has 33 heavy (non-hydrogen) atoms. The zero-order valence-corrected chi connectivity index (χ0v) is 20.3. The van der Waals surface area contributed by atoms with E-state index in [2.05, 4.69) is 36.7 Å². The summed E-state index contributed by atoms with van der Waals surface area (Å²) in [5.41, 5.74) is 0.331. The topological polar surface area (TPSA) is 108 Å². The molecule has 4 unspecified atom stereocenters. The van der Waals surface area contributed by atoms with E-state index in [9.17, 15) is 19.2 Å². The van der Waals surface area contributed by atoms with Crippen LogP contribution in [0.15, 0.2) is 0 Å². The van der Waals surface area contributed by atoms with E-state index in [1.807, 2.05) is 0 Å². The van der Waals surface area contributed by atoms with E-state index in [1.54, 1.807) is 4.90 Å². The maximum absolute atomic E-state index is 13.1. The number of likely N-dealkylation sites (tertiary alicyclic amines) is 1. The van der Waals surface area contributed by atoms with Gasteiger partial charge in [-0.2, -0.15) is 0 Å². The van der Waals surface area contributed by atoms with E-state index in [0.29, 0.717) is 24.9 Å². The quantitative estimate of drug-likeness (QED) is 0.561. The Hall–Kier alpha value is -2.12. The number of hydrogen-bond donors (Lipinski definition) is 3. The van der Waals surface area contributed by atoms with Crippen LogP contribution in [0.4, 0.5) is 4.79 Å². The summed E-state index contributed by atoms with van der Waals surface area (Å²) in [6, 6.07) is -0.367. The molecule has 3 N–H and O–H groups in total. The highest BCUT2D eigenvalue weighted by Crippen LogP contribution is 2.41. The van der Waals surface area contributed by atoms with Crippen LogP contribution in [0.5, 0.6) is 0 Å². The number of hydrogen-bond acceptors (Lipinski definition) is 4. The average molecular weight is 461 g/mol. The first-order chi connectivity index (χ1) is 15.6. The molecule has 4 atom stereocenters. The Morgan fingerprint density at radius 3 is 2.42 bits per heavy atom. The summed E-state index contributed by atoms with van der Waals surface area (Å²) in [5, 5.41) is 8.56. The molecule has 0 aromatic heterocycles. The molecule has 4 aliphatic rings. The largest absolute Gasteiger partial charge is 0.338 e. The van der Waals surface area contributed by atoms with Crippen molar-refractivity contribution in [2.45, 2.75) is 90.6 Å². The van der Waals surface area contributed by atoms with E-state index < -0.39 is 6.04 Å². The molecular weight excluding hydrogens is 420 g/mol. The molecule has 2 saturated carbocycles. The highest BCUT2D eigenvalue weighted by atomic mass is 16.2. The molecule has 0 spiro atoms. The van der Waals surface area contributed by atoms with E-state index in [-0.39, 0.29) is 54.0 Å². The Morgan fingerprint density at radius 1 is 1.03 bits per heavy atom. The van der Waals surface area contributed by atoms with Crippen molar-refractivity contribution in [2.75, 3.05) is 13.1 Å². The van der Waals surface area contributed by atoms with Crippen molar-refractivity contribution in [1.82, 2.24) is 20.9 Å². The zero-order valence-electron chi connectivity index (χ0n) is 20.3. The van der Waals surface area contributed by atoms with Crippen LogP contribution in [0.1, 0.15) is 78.6 Å². The number of amides is 5. The van der Waals surface area contributed by atoms with Crippen LogP contribution in [0.25, 0.3) is 0 Å². The van der Waals surface area contributed by atoms with Gasteiger partial charge in [-0.3, -0.25) is 19.7 Å². The molecule has 8 nitrogen and oxygen atoms in total. The molecule has 8 heteroatoms. The molecule has 2 heterocycles. The Balaban J connectivity index is 1.21. The number of carbonyl (C=O) groups is 4. The molecule has 2 saturated heterocycles. The van der Waals surface area contributed by atoms with Gasteiger partial charge in [-0.15, -0.1) is 0 Å². The molecule has 4 fully saturated rings. The first kappa shape index (κ1) is 24.0. The van der Waals surface area contributed by atoms with Crippen molar-refractivity contribution in [3.05, 3.63) is 0 Å². The fourth-order valence-electron chi connectivity index (χ4n) is 6.42. The van der Waals surface area contributed by atoms with Crippen LogP contribution >= 0.6 is 0 Å². The summed E-state index contributed by atoms with van der Waals surface area (Å²) in [5.74, 6) is 0.630. The molecular formula is C25H40N4O4. The third-order valence-electron chi connectivity index (χ3n) is 8.56. The van der Waals surface area contributed by atoms with Gasteiger partial charge < -0.3 is 15.5 Å². The lowest BCUT2D eigenvalue weighted by Crippen LogP contribution is -2.53. The van der Waals surface area contributed by atoms with Gasteiger partial charge >= 0.3 is 6.03 Å². The molecule has 0 bridgehead atoms. The van der Waals surface area contributed by atoms with Gasteiger partial charge in [-0.25, -0.2) is 4.79 Å². The molecule has 2 aliphatic heterocycles. The summed E-state index contributed by atoms with van der Waals surface area (Å²) >= 11 is 0. The summed E-state index contributed by atoms with van der Waals surface area (Å²) in [4.78, 5) is 50.9. The van der Waals surface area contributed by atoms with E-state index in [4.69, 9.17) is 0 Å².